The number of aromatic amines is 1. The van der Waals surface area contributed by atoms with Gasteiger partial charge in [0.1, 0.15) is 5.82 Å². The number of carbonyl (C=O) groups is 2. The molecule has 26 heavy (non-hydrogen) atoms. The number of nitrogens with one attached hydrogen (secondary N) is 1. The van der Waals surface area contributed by atoms with E-state index < -0.39 is 5.97 Å². The van der Waals surface area contributed by atoms with Crippen molar-refractivity contribution in [2.24, 2.45) is 0 Å². The molecule has 0 aliphatic rings. The van der Waals surface area contributed by atoms with Crippen LogP contribution in [0.1, 0.15) is 33.2 Å². The maximum atomic E-state index is 12.0. The SMILES string of the molecule is Cc1ccc(C(=O)COC(=O)CCCc2nc3ccccc3c(=O)[nH]2)s1. The molecule has 0 radical (unpaired) electrons. The highest BCUT2D eigenvalue weighted by atomic mass is 32.1. The number of benzene rings is 1. The molecule has 0 amide bonds. The van der Waals surface area contributed by atoms with Crippen LogP contribution in [0.15, 0.2) is 41.2 Å². The van der Waals surface area contributed by atoms with Crippen molar-refractivity contribution in [2.45, 2.75) is 26.2 Å². The molecule has 2 heterocycles. The summed E-state index contributed by atoms with van der Waals surface area (Å²) in [6.07, 6.45) is 1.09. The number of ketones is 1. The first-order valence-corrected chi connectivity index (χ1v) is 9.08. The average molecular weight is 370 g/mol. The Kier molecular flexibility index (Phi) is 5.58. The molecule has 1 N–H and O–H groups in total. The predicted molar refractivity (Wildman–Crippen MR) is 99.6 cm³/mol. The second-order valence-electron chi connectivity index (χ2n) is 5.88. The number of thiophene rings is 1. The van der Waals surface area contributed by atoms with E-state index in [1.807, 2.05) is 19.1 Å². The molecule has 0 aliphatic heterocycles. The molecular weight excluding hydrogens is 352 g/mol. The molecule has 0 atom stereocenters. The van der Waals surface area contributed by atoms with Gasteiger partial charge in [0.15, 0.2) is 6.61 Å². The van der Waals surface area contributed by atoms with E-state index in [0.29, 0.717) is 34.4 Å². The fourth-order valence-corrected chi connectivity index (χ4v) is 3.32. The lowest BCUT2D eigenvalue weighted by Gasteiger charge is -2.04. The lowest BCUT2D eigenvalue weighted by Crippen LogP contribution is -2.14. The van der Waals surface area contributed by atoms with E-state index >= 15 is 0 Å². The molecule has 3 aromatic rings. The van der Waals surface area contributed by atoms with Crippen molar-refractivity contribution in [1.29, 1.82) is 0 Å². The molecule has 0 unspecified atom stereocenters. The number of rotatable bonds is 7. The van der Waals surface area contributed by atoms with Gasteiger partial charge in [-0.1, -0.05) is 12.1 Å². The monoisotopic (exact) mass is 370 g/mol. The van der Waals surface area contributed by atoms with Gasteiger partial charge in [-0.15, -0.1) is 11.3 Å². The number of ether oxygens (including phenoxy) is 1. The normalized spacial score (nSPS) is 10.8. The standard InChI is InChI=1S/C19H18N2O4S/c1-12-9-10-16(26-12)15(22)11-25-18(23)8-4-7-17-20-14-6-3-2-5-13(14)19(24)21-17/h2-3,5-6,9-10H,4,7-8,11H2,1H3,(H,20,21,24). The Hall–Kier alpha value is -2.80. The maximum absolute atomic E-state index is 12.0. The minimum absolute atomic E-state index is 0.160. The van der Waals surface area contributed by atoms with Crippen LogP contribution in [0.3, 0.4) is 0 Å². The molecule has 0 saturated heterocycles. The summed E-state index contributed by atoms with van der Waals surface area (Å²) in [5.41, 5.74) is 0.440. The summed E-state index contributed by atoms with van der Waals surface area (Å²) in [4.78, 5) is 44.4. The minimum Gasteiger partial charge on any atom is -0.457 e. The zero-order chi connectivity index (χ0) is 18.5. The number of carbonyl (C=O) groups excluding carboxylic acids is 2. The lowest BCUT2D eigenvalue weighted by molar-refractivity contribution is -0.142. The number of H-pyrrole nitrogens is 1. The Balaban J connectivity index is 1.48. The van der Waals surface area contributed by atoms with Crippen LogP contribution in [0.25, 0.3) is 10.9 Å². The molecule has 0 saturated carbocycles. The molecule has 7 heteroatoms. The highest BCUT2D eigenvalue weighted by Crippen LogP contribution is 2.15. The van der Waals surface area contributed by atoms with Gasteiger partial charge in [0, 0.05) is 17.7 Å². The van der Waals surface area contributed by atoms with Crippen molar-refractivity contribution in [3.05, 3.63) is 62.3 Å². The Bertz CT molecular complexity index is 1010. The van der Waals surface area contributed by atoms with Gasteiger partial charge in [0.25, 0.3) is 5.56 Å². The lowest BCUT2D eigenvalue weighted by atomic mass is 10.2. The van der Waals surface area contributed by atoms with Gasteiger partial charge in [-0.25, -0.2) is 4.98 Å². The van der Waals surface area contributed by atoms with E-state index in [2.05, 4.69) is 9.97 Å². The fraction of sp³-hybridized carbons (Fsp3) is 0.263. The Labute approximate surface area is 153 Å². The van der Waals surface area contributed by atoms with E-state index in [1.54, 1.807) is 24.3 Å². The second-order valence-corrected chi connectivity index (χ2v) is 7.17. The van der Waals surface area contributed by atoms with Crippen molar-refractivity contribution >= 4 is 34.0 Å². The first-order valence-electron chi connectivity index (χ1n) is 8.26. The summed E-state index contributed by atoms with van der Waals surface area (Å²) in [6.45, 7) is 1.67. The van der Waals surface area contributed by atoms with Crippen molar-refractivity contribution in [2.75, 3.05) is 6.61 Å². The summed E-state index contributed by atoms with van der Waals surface area (Å²) in [5.74, 6) is -0.0987. The summed E-state index contributed by atoms with van der Waals surface area (Å²) < 4.78 is 5.03. The van der Waals surface area contributed by atoms with E-state index in [-0.39, 0.29) is 24.4 Å². The number of Topliss-reactive ketones (excluding diaryl/α,β-unsaturated/α-hetero) is 1. The van der Waals surface area contributed by atoms with Crippen LogP contribution in [-0.4, -0.2) is 28.3 Å². The van der Waals surface area contributed by atoms with Crippen LogP contribution in [0.4, 0.5) is 0 Å². The third-order valence-corrected chi connectivity index (χ3v) is 4.88. The van der Waals surface area contributed by atoms with Gasteiger partial charge in [-0.05, 0) is 37.6 Å². The summed E-state index contributed by atoms with van der Waals surface area (Å²) in [7, 11) is 0. The zero-order valence-corrected chi connectivity index (χ0v) is 15.1. The molecule has 1 aromatic carbocycles. The number of hydrogen-bond donors (Lipinski definition) is 1. The number of aromatic nitrogens is 2. The van der Waals surface area contributed by atoms with Gasteiger partial charge in [-0.3, -0.25) is 14.4 Å². The van der Waals surface area contributed by atoms with Crippen molar-refractivity contribution in [3.8, 4) is 0 Å². The maximum Gasteiger partial charge on any atom is 0.306 e. The van der Waals surface area contributed by atoms with Crippen LogP contribution in [0, 0.1) is 6.92 Å². The topological polar surface area (TPSA) is 89.1 Å². The fourth-order valence-electron chi connectivity index (χ4n) is 2.53. The highest BCUT2D eigenvalue weighted by molar-refractivity contribution is 7.14. The summed E-state index contributed by atoms with van der Waals surface area (Å²) in [6, 6.07) is 10.7. The van der Waals surface area contributed by atoms with Gasteiger partial charge >= 0.3 is 5.97 Å². The predicted octanol–water partition coefficient (Wildman–Crippen LogP) is 3.04. The van der Waals surface area contributed by atoms with Gasteiger partial charge < -0.3 is 9.72 Å². The number of para-hydroxylation sites is 1. The van der Waals surface area contributed by atoms with Crippen LogP contribution in [0.5, 0.6) is 0 Å². The van der Waals surface area contributed by atoms with Gasteiger partial charge in [0.2, 0.25) is 5.78 Å². The molecule has 0 fully saturated rings. The van der Waals surface area contributed by atoms with E-state index in [4.69, 9.17) is 4.74 Å². The second kappa shape index (κ2) is 8.05. The average Bonchev–Trinajstić information content (AvgIpc) is 3.06. The van der Waals surface area contributed by atoms with Crippen molar-refractivity contribution < 1.29 is 14.3 Å². The van der Waals surface area contributed by atoms with Crippen molar-refractivity contribution in [3.63, 3.8) is 0 Å². The van der Waals surface area contributed by atoms with Crippen molar-refractivity contribution in [1.82, 2.24) is 9.97 Å². The number of fused-ring (bicyclic) bond motifs is 1. The zero-order valence-electron chi connectivity index (χ0n) is 14.3. The third kappa shape index (κ3) is 4.43. The molecule has 2 aromatic heterocycles. The molecule has 3 rings (SSSR count). The smallest absolute Gasteiger partial charge is 0.306 e. The highest BCUT2D eigenvalue weighted by Gasteiger charge is 2.12. The van der Waals surface area contributed by atoms with Gasteiger partial charge in [0.05, 0.1) is 15.8 Å². The first kappa shape index (κ1) is 18.0. The van der Waals surface area contributed by atoms with E-state index in [0.717, 1.165) is 4.88 Å². The van der Waals surface area contributed by atoms with Crippen LogP contribution in [0.2, 0.25) is 0 Å². The molecule has 0 bridgehead atoms. The molecular formula is C19H18N2O4S. The van der Waals surface area contributed by atoms with E-state index in [1.165, 1.54) is 11.3 Å². The molecule has 0 aliphatic carbocycles. The largest absolute Gasteiger partial charge is 0.457 e. The Morgan fingerprint density at radius 1 is 1.19 bits per heavy atom. The third-order valence-electron chi connectivity index (χ3n) is 3.84. The molecule has 134 valence electrons. The first-order chi connectivity index (χ1) is 12.5. The summed E-state index contributed by atoms with van der Waals surface area (Å²) >= 11 is 1.38. The number of nitrogens with zero attached hydrogens (tertiary/aromatic N) is 1. The summed E-state index contributed by atoms with van der Waals surface area (Å²) in [5, 5.41) is 0.540. The van der Waals surface area contributed by atoms with Gasteiger partial charge in [-0.2, -0.15) is 0 Å². The van der Waals surface area contributed by atoms with Crippen LogP contribution in [-0.2, 0) is 16.0 Å². The van der Waals surface area contributed by atoms with E-state index in [9.17, 15) is 14.4 Å². The Morgan fingerprint density at radius 2 is 2.00 bits per heavy atom. The number of hydrogen-bond acceptors (Lipinski definition) is 6. The number of esters is 1. The van der Waals surface area contributed by atoms with Crippen LogP contribution >= 0.6 is 11.3 Å². The number of aryl methyl sites for hydroxylation is 2. The Morgan fingerprint density at radius 3 is 2.77 bits per heavy atom. The quantitative estimate of drug-likeness (QED) is 0.510. The minimum atomic E-state index is -0.435. The molecule has 0 spiro atoms. The molecule has 6 nitrogen and oxygen atoms in total. The van der Waals surface area contributed by atoms with Crippen LogP contribution < -0.4 is 5.56 Å².